The summed E-state index contributed by atoms with van der Waals surface area (Å²) < 4.78 is 0. The van der Waals surface area contributed by atoms with Crippen molar-refractivity contribution >= 4 is 17.1 Å². The lowest BCUT2D eigenvalue weighted by Crippen LogP contribution is -2.11. The van der Waals surface area contributed by atoms with Gasteiger partial charge in [0.15, 0.2) is 0 Å². The van der Waals surface area contributed by atoms with Crippen molar-refractivity contribution in [1.82, 2.24) is 0 Å². The van der Waals surface area contributed by atoms with Crippen LogP contribution in [0.15, 0.2) is 84.9 Å². The van der Waals surface area contributed by atoms with Crippen LogP contribution in [0.3, 0.4) is 0 Å². The van der Waals surface area contributed by atoms with Crippen molar-refractivity contribution in [2.45, 2.75) is 31.6 Å². The first-order valence-corrected chi connectivity index (χ1v) is 9.89. The van der Waals surface area contributed by atoms with Crippen molar-refractivity contribution in [2.75, 3.05) is 4.90 Å². The van der Waals surface area contributed by atoms with Crippen LogP contribution in [-0.2, 0) is 0 Å². The highest BCUT2D eigenvalue weighted by Gasteiger charge is 2.39. The maximum absolute atomic E-state index is 2.37. The summed E-state index contributed by atoms with van der Waals surface area (Å²) in [5, 5.41) is 0. The molecular formula is C25H25N. The second kappa shape index (κ2) is 6.64. The molecule has 0 spiro atoms. The monoisotopic (exact) mass is 339 g/mol. The first-order valence-electron chi connectivity index (χ1n) is 9.89. The second-order valence-electron chi connectivity index (χ2n) is 7.88. The number of hydrogen-bond acceptors (Lipinski definition) is 1. The number of fused-ring (bicyclic) bond motifs is 2. The van der Waals surface area contributed by atoms with E-state index in [4.69, 9.17) is 0 Å². The highest BCUT2D eigenvalue weighted by Crippen LogP contribution is 2.53. The van der Waals surface area contributed by atoms with Gasteiger partial charge in [-0.2, -0.15) is 0 Å². The zero-order valence-corrected chi connectivity index (χ0v) is 15.1. The molecule has 0 aromatic heterocycles. The molecule has 3 unspecified atom stereocenters. The Morgan fingerprint density at radius 1 is 0.577 bits per heavy atom. The van der Waals surface area contributed by atoms with Crippen molar-refractivity contribution in [3.63, 3.8) is 0 Å². The molecule has 2 saturated carbocycles. The van der Waals surface area contributed by atoms with E-state index in [0.717, 1.165) is 17.8 Å². The SMILES string of the molecule is c1ccc(N(c2ccccc2)c2ccc(C3CC4CCC3C4)cc2)cc1. The molecule has 2 fully saturated rings. The van der Waals surface area contributed by atoms with Gasteiger partial charge in [0.25, 0.3) is 0 Å². The van der Waals surface area contributed by atoms with E-state index in [9.17, 15) is 0 Å². The molecule has 0 radical (unpaired) electrons. The van der Waals surface area contributed by atoms with Crippen molar-refractivity contribution in [3.05, 3.63) is 90.5 Å². The minimum absolute atomic E-state index is 0.796. The Balaban J connectivity index is 1.49. The normalized spacial score (nSPS) is 23.9. The average Bonchev–Trinajstić information content (AvgIpc) is 3.34. The van der Waals surface area contributed by atoms with E-state index in [1.165, 1.54) is 42.7 Å². The van der Waals surface area contributed by atoms with E-state index in [1.807, 2.05) is 0 Å². The summed E-state index contributed by atoms with van der Waals surface area (Å²) >= 11 is 0. The van der Waals surface area contributed by atoms with Crippen LogP contribution < -0.4 is 4.90 Å². The van der Waals surface area contributed by atoms with E-state index in [2.05, 4.69) is 89.8 Å². The summed E-state index contributed by atoms with van der Waals surface area (Å²) in [4.78, 5) is 2.34. The van der Waals surface area contributed by atoms with Gasteiger partial charge in [-0.15, -0.1) is 0 Å². The highest BCUT2D eigenvalue weighted by molar-refractivity contribution is 5.76. The maximum Gasteiger partial charge on any atom is 0.0461 e. The van der Waals surface area contributed by atoms with Crippen molar-refractivity contribution < 1.29 is 0 Å². The molecule has 1 heteroatoms. The van der Waals surface area contributed by atoms with E-state index in [-0.39, 0.29) is 0 Å². The Labute approximate surface area is 156 Å². The molecule has 0 aliphatic heterocycles. The predicted molar refractivity (Wildman–Crippen MR) is 109 cm³/mol. The minimum atomic E-state index is 0.796. The molecule has 2 aliphatic carbocycles. The molecule has 2 aliphatic rings. The average molecular weight is 339 g/mol. The number of para-hydroxylation sites is 2. The Bertz CT molecular complexity index is 814. The summed E-state index contributed by atoms with van der Waals surface area (Å²) in [5.41, 5.74) is 5.18. The fourth-order valence-corrected chi connectivity index (χ4v) is 5.12. The van der Waals surface area contributed by atoms with Crippen molar-refractivity contribution in [2.24, 2.45) is 11.8 Å². The third-order valence-corrected chi connectivity index (χ3v) is 6.35. The van der Waals surface area contributed by atoms with Crippen LogP contribution in [-0.4, -0.2) is 0 Å². The maximum atomic E-state index is 2.37. The first-order chi connectivity index (χ1) is 12.9. The molecule has 3 aromatic rings. The minimum Gasteiger partial charge on any atom is -0.311 e. The zero-order valence-electron chi connectivity index (χ0n) is 15.1. The lowest BCUT2D eigenvalue weighted by atomic mass is 9.83. The molecule has 0 saturated heterocycles. The summed E-state index contributed by atoms with van der Waals surface area (Å²) in [5.74, 6) is 2.73. The summed E-state index contributed by atoms with van der Waals surface area (Å²) in [7, 11) is 0. The van der Waals surface area contributed by atoms with E-state index < -0.39 is 0 Å². The third-order valence-electron chi connectivity index (χ3n) is 6.35. The van der Waals surface area contributed by atoms with Crippen LogP contribution in [0.4, 0.5) is 17.1 Å². The topological polar surface area (TPSA) is 3.24 Å². The van der Waals surface area contributed by atoms with Gasteiger partial charge in [-0.3, -0.25) is 0 Å². The molecule has 130 valence electrons. The molecule has 3 aromatic carbocycles. The molecular weight excluding hydrogens is 314 g/mol. The van der Waals surface area contributed by atoms with Crippen LogP contribution >= 0.6 is 0 Å². The first kappa shape index (κ1) is 15.7. The summed E-state index contributed by atoms with van der Waals surface area (Å²) in [6.45, 7) is 0. The zero-order chi connectivity index (χ0) is 17.3. The summed E-state index contributed by atoms with van der Waals surface area (Å²) in [6.07, 6.45) is 5.78. The number of benzene rings is 3. The number of anilines is 3. The van der Waals surface area contributed by atoms with Gasteiger partial charge in [0.2, 0.25) is 0 Å². The van der Waals surface area contributed by atoms with Crippen molar-refractivity contribution in [3.8, 4) is 0 Å². The van der Waals surface area contributed by atoms with Gasteiger partial charge in [-0.1, -0.05) is 55.0 Å². The van der Waals surface area contributed by atoms with Gasteiger partial charge < -0.3 is 4.90 Å². The second-order valence-corrected chi connectivity index (χ2v) is 7.88. The molecule has 0 amide bonds. The van der Waals surface area contributed by atoms with E-state index >= 15 is 0 Å². The van der Waals surface area contributed by atoms with Gasteiger partial charge in [-0.25, -0.2) is 0 Å². The highest BCUT2D eigenvalue weighted by atomic mass is 15.1. The van der Waals surface area contributed by atoms with Crippen LogP contribution in [0.5, 0.6) is 0 Å². The van der Waals surface area contributed by atoms with Crippen LogP contribution in [0.2, 0.25) is 0 Å². The molecule has 0 N–H and O–H groups in total. The van der Waals surface area contributed by atoms with Gasteiger partial charge >= 0.3 is 0 Å². The van der Waals surface area contributed by atoms with Gasteiger partial charge in [-0.05, 0) is 79.0 Å². The fraction of sp³-hybridized carbons (Fsp3) is 0.280. The molecule has 5 rings (SSSR count). The van der Waals surface area contributed by atoms with Crippen LogP contribution in [0.25, 0.3) is 0 Å². The van der Waals surface area contributed by atoms with Crippen molar-refractivity contribution in [1.29, 1.82) is 0 Å². The Morgan fingerprint density at radius 2 is 1.15 bits per heavy atom. The largest absolute Gasteiger partial charge is 0.311 e. The van der Waals surface area contributed by atoms with E-state index in [0.29, 0.717) is 0 Å². The van der Waals surface area contributed by atoms with E-state index in [1.54, 1.807) is 5.56 Å². The smallest absolute Gasteiger partial charge is 0.0461 e. The van der Waals surface area contributed by atoms with Gasteiger partial charge in [0, 0.05) is 17.1 Å². The molecule has 2 bridgehead atoms. The Hall–Kier alpha value is -2.54. The molecule has 1 nitrogen and oxygen atoms in total. The predicted octanol–water partition coefficient (Wildman–Crippen LogP) is 7.06. The molecule has 26 heavy (non-hydrogen) atoms. The van der Waals surface area contributed by atoms with Gasteiger partial charge in [0.1, 0.15) is 0 Å². The van der Waals surface area contributed by atoms with Gasteiger partial charge in [0.05, 0.1) is 0 Å². The Morgan fingerprint density at radius 3 is 1.65 bits per heavy atom. The summed E-state index contributed by atoms with van der Waals surface area (Å²) in [6, 6.07) is 30.6. The van der Waals surface area contributed by atoms with Crippen LogP contribution in [0.1, 0.15) is 37.2 Å². The van der Waals surface area contributed by atoms with Crippen LogP contribution in [0, 0.1) is 11.8 Å². The quantitative estimate of drug-likeness (QED) is 0.492. The number of nitrogens with zero attached hydrogens (tertiary/aromatic N) is 1. The Kier molecular flexibility index (Phi) is 4.01. The standard InChI is InChI=1S/C25H25N/c1-3-7-22(8-4-1)26(23-9-5-2-6-10-23)24-15-13-20(14-16-24)25-18-19-11-12-21(25)17-19/h1-10,13-16,19,21,25H,11-12,17-18H2. The lowest BCUT2D eigenvalue weighted by Gasteiger charge is -2.27. The third kappa shape index (κ3) is 2.82. The number of hydrogen-bond donors (Lipinski definition) is 0. The lowest BCUT2D eigenvalue weighted by molar-refractivity contribution is 0.420. The molecule has 3 atom stereocenters. The number of rotatable bonds is 4. The molecule has 0 heterocycles. The fourth-order valence-electron chi connectivity index (χ4n) is 5.12.